The first-order chi connectivity index (χ1) is 5.77. The van der Waals surface area contributed by atoms with Gasteiger partial charge in [-0.2, -0.15) is 0 Å². The first-order valence-electron chi connectivity index (χ1n) is 3.55. The number of anilines is 1. The van der Waals surface area contributed by atoms with Gasteiger partial charge in [-0.05, 0) is 18.2 Å². The molecule has 0 saturated carbocycles. The lowest BCUT2D eigenvalue weighted by atomic mass is 10.3. The van der Waals surface area contributed by atoms with Gasteiger partial charge in [0, 0.05) is 5.69 Å². The Morgan fingerprint density at radius 2 is 2.33 bits per heavy atom. The summed E-state index contributed by atoms with van der Waals surface area (Å²) in [6.45, 7) is 0.392. The van der Waals surface area contributed by atoms with E-state index in [9.17, 15) is 0 Å². The van der Waals surface area contributed by atoms with E-state index in [1.807, 2.05) is 6.07 Å². The Morgan fingerprint density at radius 3 is 2.83 bits per heavy atom. The molecule has 0 spiro atoms. The molecular weight excluding hydrogens is 176 g/mol. The van der Waals surface area contributed by atoms with Crippen LogP contribution in [0.15, 0.2) is 18.2 Å². The Labute approximate surface area is 76.5 Å². The van der Waals surface area contributed by atoms with Crippen LogP contribution in [0.4, 0.5) is 5.69 Å². The molecule has 0 fully saturated rings. The van der Waals surface area contributed by atoms with Crippen molar-refractivity contribution in [2.24, 2.45) is 5.73 Å². The zero-order chi connectivity index (χ0) is 8.97. The number of hydrogen-bond acceptors (Lipinski definition) is 3. The highest BCUT2D eigenvalue weighted by molar-refractivity contribution is 6.32. The molecule has 0 atom stereocenters. The van der Waals surface area contributed by atoms with Gasteiger partial charge in [-0.1, -0.05) is 11.6 Å². The third-order valence-electron chi connectivity index (χ3n) is 1.46. The standard InChI is InChI=1S/C8H11ClN2O/c1-12-8-3-2-6(11-5-10)4-7(8)9/h2-4,11H,5,10H2,1H3. The number of nitrogens with one attached hydrogen (secondary N) is 1. The summed E-state index contributed by atoms with van der Waals surface area (Å²) in [5.74, 6) is 0.666. The predicted octanol–water partition coefficient (Wildman–Crippen LogP) is 1.68. The summed E-state index contributed by atoms with van der Waals surface area (Å²) in [4.78, 5) is 0. The Morgan fingerprint density at radius 1 is 1.58 bits per heavy atom. The molecule has 0 amide bonds. The molecule has 0 saturated heterocycles. The van der Waals surface area contributed by atoms with E-state index in [0.717, 1.165) is 5.69 Å². The van der Waals surface area contributed by atoms with Crippen molar-refractivity contribution in [2.75, 3.05) is 19.1 Å². The molecule has 1 aromatic rings. The van der Waals surface area contributed by atoms with Crippen LogP contribution in [0.3, 0.4) is 0 Å². The third-order valence-corrected chi connectivity index (χ3v) is 1.75. The molecule has 0 aliphatic carbocycles. The summed E-state index contributed by atoms with van der Waals surface area (Å²) in [6, 6.07) is 5.42. The van der Waals surface area contributed by atoms with Gasteiger partial charge in [-0.3, -0.25) is 0 Å². The molecule has 1 rings (SSSR count). The van der Waals surface area contributed by atoms with Gasteiger partial charge in [0.05, 0.1) is 18.8 Å². The second-order valence-corrected chi connectivity index (χ2v) is 2.64. The number of rotatable bonds is 3. The Kier molecular flexibility index (Phi) is 3.19. The summed E-state index contributed by atoms with van der Waals surface area (Å²) in [6.07, 6.45) is 0. The number of hydrogen-bond donors (Lipinski definition) is 2. The number of methoxy groups -OCH3 is 1. The lowest BCUT2D eigenvalue weighted by Crippen LogP contribution is -2.10. The molecule has 0 heterocycles. The van der Waals surface area contributed by atoms with E-state index in [2.05, 4.69) is 5.32 Å². The molecule has 66 valence electrons. The molecule has 1 aromatic carbocycles. The monoisotopic (exact) mass is 186 g/mol. The maximum atomic E-state index is 5.86. The van der Waals surface area contributed by atoms with Gasteiger partial charge in [0.15, 0.2) is 0 Å². The molecule has 3 N–H and O–H groups in total. The molecule has 0 unspecified atom stereocenters. The zero-order valence-electron chi connectivity index (χ0n) is 6.80. The van der Waals surface area contributed by atoms with Crippen molar-refractivity contribution in [3.05, 3.63) is 23.2 Å². The number of halogens is 1. The fourth-order valence-corrected chi connectivity index (χ4v) is 1.15. The van der Waals surface area contributed by atoms with Gasteiger partial charge < -0.3 is 15.8 Å². The van der Waals surface area contributed by atoms with Gasteiger partial charge in [0.25, 0.3) is 0 Å². The lowest BCUT2D eigenvalue weighted by molar-refractivity contribution is 0.415. The first-order valence-corrected chi connectivity index (χ1v) is 3.93. The van der Waals surface area contributed by atoms with Crippen LogP contribution >= 0.6 is 11.6 Å². The zero-order valence-corrected chi connectivity index (χ0v) is 7.56. The van der Waals surface area contributed by atoms with Crippen molar-refractivity contribution in [2.45, 2.75) is 0 Å². The van der Waals surface area contributed by atoms with E-state index >= 15 is 0 Å². The lowest BCUT2D eigenvalue weighted by Gasteiger charge is -2.06. The molecular formula is C8H11ClN2O. The highest BCUT2D eigenvalue weighted by atomic mass is 35.5. The Bertz CT molecular complexity index is 265. The Hall–Kier alpha value is -0.930. The van der Waals surface area contributed by atoms with Crippen molar-refractivity contribution in [1.29, 1.82) is 0 Å². The van der Waals surface area contributed by atoms with E-state index in [-0.39, 0.29) is 0 Å². The minimum absolute atomic E-state index is 0.392. The first kappa shape index (κ1) is 9.16. The molecule has 0 radical (unpaired) electrons. The summed E-state index contributed by atoms with van der Waals surface area (Å²) in [7, 11) is 1.58. The number of nitrogens with two attached hydrogens (primary N) is 1. The van der Waals surface area contributed by atoms with Gasteiger partial charge >= 0.3 is 0 Å². The largest absolute Gasteiger partial charge is 0.495 e. The number of ether oxygens (including phenoxy) is 1. The van der Waals surface area contributed by atoms with Gasteiger partial charge in [-0.15, -0.1) is 0 Å². The van der Waals surface area contributed by atoms with E-state index < -0.39 is 0 Å². The quantitative estimate of drug-likeness (QED) is 0.707. The fraction of sp³-hybridized carbons (Fsp3) is 0.250. The van der Waals surface area contributed by atoms with E-state index in [1.54, 1.807) is 19.2 Å². The van der Waals surface area contributed by atoms with Crippen LogP contribution in [0.25, 0.3) is 0 Å². The van der Waals surface area contributed by atoms with E-state index in [0.29, 0.717) is 17.4 Å². The summed E-state index contributed by atoms with van der Waals surface area (Å²) in [5, 5.41) is 3.52. The van der Waals surface area contributed by atoms with Crippen molar-refractivity contribution in [1.82, 2.24) is 0 Å². The predicted molar refractivity (Wildman–Crippen MR) is 50.7 cm³/mol. The average molecular weight is 187 g/mol. The van der Waals surface area contributed by atoms with E-state index in [1.165, 1.54) is 0 Å². The highest BCUT2D eigenvalue weighted by Crippen LogP contribution is 2.26. The Balaban J connectivity index is 2.86. The molecule has 12 heavy (non-hydrogen) atoms. The van der Waals surface area contributed by atoms with Crippen molar-refractivity contribution >= 4 is 17.3 Å². The normalized spacial score (nSPS) is 9.58. The summed E-state index contributed by atoms with van der Waals surface area (Å²) >= 11 is 5.86. The van der Waals surface area contributed by atoms with Crippen LogP contribution in [0.1, 0.15) is 0 Å². The smallest absolute Gasteiger partial charge is 0.137 e. The topological polar surface area (TPSA) is 47.3 Å². The summed E-state index contributed by atoms with van der Waals surface area (Å²) in [5.41, 5.74) is 6.19. The SMILES string of the molecule is COc1ccc(NCN)cc1Cl. The molecule has 4 heteroatoms. The number of benzene rings is 1. The molecule has 0 aromatic heterocycles. The van der Waals surface area contributed by atoms with Gasteiger partial charge in [0.1, 0.15) is 5.75 Å². The molecule has 3 nitrogen and oxygen atoms in total. The minimum Gasteiger partial charge on any atom is -0.495 e. The second kappa shape index (κ2) is 4.18. The van der Waals surface area contributed by atoms with Crippen molar-refractivity contribution in [3.63, 3.8) is 0 Å². The summed E-state index contributed by atoms with van der Waals surface area (Å²) < 4.78 is 4.99. The van der Waals surface area contributed by atoms with Crippen LogP contribution in [-0.4, -0.2) is 13.8 Å². The second-order valence-electron chi connectivity index (χ2n) is 2.23. The van der Waals surface area contributed by atoms with Gasteiger partial charge in [-0.25, -0.2) is 0 Å². The maximum Gasteiger partial charge on any atom is 0.137 e. The highest BCUT2D eigenvalue weighted by Gasteiger charge is 1.99. The molecule has 0 aliphatic rings. The maximum absolute atomic E-state index is 5.86. The molecule has 0 bridgehead atoms. The molecule has 0 aliphatic heterocycles. The van der Waals surface area contributed by atoms with Crippen LogP contribution in [0, 0.1) is 0 Å². The third kappa shape index (κ3) is 2.03. The van der Waals surface area contributed by atoms with Crippen LogP contribution in [0.2, 0.25) is 5.02 Å². The van der Waals surface area contributed by atoms with Crippen molar-refractivity contribution in [3.8, 4) is 5.75 Å². The fourth-order valence-electron chi connectivity index (χ4n) is 0.894. The van der Waals surface area contributed by atoms with Crippen LogP contribution < -0.4 is 15.8 Å². The van der Waals surface area contributed by atoms with Gasteiger partial charge in [0.2, 0.25) is 0 Å². The minimum atomic E-state index is 0.392. The average Bonchev–Trinajstić information content (AvgIpc) is 2.05. The van der Waals surface area contributed by atoms with Crippen LogP contribution in [0.5, 0.6) is 5.75 Å². The van der Waals surface area contributed by atoms with E-state index in [4.69, 9.17) is 22.1 Å². The van der Waals surface area contributed by atoms with Crippen LogP contribution in [-0.2, 0) is 0 Å². The van der Waals surface area contributed by atoms with Crippen molar-refractivity contribution < 1.29 is 4.74 Å².